The van der Waals surface area contributed by atoms with E-state index in [1.54, 1.807) is 11.3 Å². The molecule has 96 valence electrons. The third kappa shape index (κ3) is 2.73. The zero-order valence-corrected chi connectivity index (χ0v) is 13.2. The predicted octanol–water partition coefficient (Wildman–Crippen LogP) is 5.26. The first kappa shape index (κ1) is 12.8. The molecule has 5 heteroatoms. The second-order valence-corrected chi connectivity index (χ2v) is 6.70. The Morgan fingerprint density at radius 1 is 1.16 bits per heavy atom. The molecule has 0 radical (unpaired) electrons. The molecule has 0 amide bonds. The molecule has 0 fully saturated rings. The Kier molecular flexibility index (Phi) is 3.68. The Bertz CT molecular complexity index is 776. The first-order chi connectivity index (χ1) is 9.24. The Balaban J connectivity index is 1.90. The zero-order valence-electron chi connectivity index (χ0n) is 9.97. The van der Waals surface area contributed by atoms with E-state index in [1.165, 1.54) is 10.2 Å². The van der Waals surface area contributed by atoms with E-state index in [0.29, 0.717) is 6.67 Å². The van der Waals surface area contributed by atoms with Gasteiger partial charge in [-0.05, 0) is 42.5 Å². The molecule has 19 heavy (non-hydrogen) atoms. The Labute approximate surface area is 128 Å². The minimum absolute atomic E-state index is 0.680. The van der Waals surface area contributed by atoms with Gasteiger partial charge < -0.3 is 9.88 Å². The van der Waals surface area contributed by atoms with E-state index in [4.69, 9.17) is 12.2 Å². The summed E-state index contributed by atoms with van der Waals surface area (Å²) in [6.45, 7) is 0.680. The van der Waals surface area contributed by atoms with Gasteiger partial charge in [-0.1, -0.05) is 34.1 Å². The van der Waals surface area contributed by atoms with Crippen LogP contribution in [0.25, 0.3) is 10.2 Å². The van der Waals surface area contributed by atoms with Crippen LogP contribution in [0.15, 0.2) is 53.0 Å². The molecule has 1 N–H and O–H groups in total. The van der Waals surface area contributed by atoms with Gasteiger partial charge in [-0.2, -0.15) is 0 Å². The lowest BCUT2D eigenvalue weighted by Gasteiger charge is -2.09. The first-order valence-electron chi connectivity index (χ1n) is 5.82. The molecule has 0 atom stereocenters. The number of nitrogens with one attached hydrogen (secondary N) is 1. The third-order valence-electron chi connectivity index (χ3n) is 2.84. The summed E-state index contributed by atoms with van der Waals surface area (Å²) < 4.78 is 5.31. The van der Waals surface area contributed by atoms with Crippen molar-refractivity contribution in [3.05, 3.63) is 57.0 Å². The van der Waals surface area contributed by atoms with E-state index in [2.05, 4.69) is 44.0 Å². The standard InChI is InChI=1S/C14H11BrN2S2/c15-10-4-3-5-11(8-10)16-9-17-12-6-1-2-7-13(12)19-14(17)18/h1-8,16H,9H2. The summed E-state index contributed by atoms with van der Waals surface area (Å²) in [5.41, 5.74) is 2.26. The van der Waals surface area contributed by atoms with Gasteiger partial charge in [0.25, 0.3) is 0 Å². The van der Waals surface area contributed by atoms with E-state index in [-0.39, 0.29) is 0 Å². The molecule has 0 saturated heterocycles. The molecule has 3 rings (SSSR count). The van der Waals surface area contributed by atoms with Gasteiger partial charge in [0.1, 0.15) is 0 Å². The molecule has 1 heterocycles. The number of nitrogens with zero attached hydrogens (tertiary/aromatic N) is 1. The van der Waals surface area contributed by atoms with E-state index in [0.717, 1.165) is 14.1 Å². The number of aromatic nitrogens is 1. The first-order valence-corrected chi connectivity index (χ1v) is 7.83. The fourth-order valence-corrected chi connectivity index (χ4v) is 3.65. The molecule has 0 aliphatic heterocycles. The van der Waals surface area contributed by atoms with Gasteiger partial charge >= 0.3 is 0 Å². The van der Waals surface area contributed by atoms with Crippen LogP contribution in [-0.2, 0) is 6.67 Å². The van der Waals surface area contributed by atoms with Crippen LogP contribution in [-0.4, -0.2) is 4.57 Å². The number of benzene rings is 2. The summed E-state index contributed by atoms with van der Waals surface area (Å²) in [7, 11) is 0. The van der Waals surface area contributed by atoms with E-state index in [9.17, 15) is 0 Å². The molecule has 3 aromatic rings. The van der Waals surface area contributed by atoms with Gasteiger partial charge in [-0.3, -0.25) is 0 Å². The number of hydrogen-bond acceptors (Lipinski definition) is 3. The molecule has 2 aromatic carbocycles. The maximum Gasteiger partial charge on any atom is 0.163 e. The SMILES string of the molecule is S=c1sc2ccccc2n1CNc1cccc(Br)c1. The highest BCUT2D eigenvalue weighted by Crippen LogP contribution is 2.23. The average molecular weight is 351 g/mol. The van der Waals surface area contributed by atoms with Crippen LogP contribution in [0, 0.1) is 3.95 Å². The second kappa shape index (κ2) is 5.45. The summed E-state index contributed by atoms with van der Waals surface area (Å²) in [5, 5.41) is 3.39. The van der Waals surface area contributed by atoms with Crippen molar-refractivity contribution in [3.63, 3.8) is 0 Å². The largest absolute Gasteiger partial charge is 0.367 e. The maximum absolute atomic E-state index is 5.43. The van der Waals surface area contributed by atoms with Crippen LogP contribution in [0.3, 0.4) is 0 Å². The van der Waals surface area contributed by atoms with Crippen molar-refractivity contribution >= 4 is 55.4 Å². The number of anilines is 1. The van der Waals surface area contributed by atoms with Crippen molar-refractivity contribution in [2.45, 2.75) is 6.67 Å². The quantitative estimate of drug-likeness (QED) is 0.648. The minimum Gasteiger partial charge on any atom is -0.367 e. The van der Waals surface area contributed by atoms with E-state index >= 15 is 0 Å². The number of rotatable bonds is 3. The molecule has 0 saturated carbocycles. The molecule has 0 aliphatic carbocycles. The topological polar surface area (TPSA) is 17.0 Å². The van der Waals surface area contributed by atoms with Gasteiger partial charge in [0, 0.05) is 10.2 Å². The summed E-state index contributed by atoms with van der Waals surface area (Å²) >= 11 is 10.5. The van der Waals surface area contributed by atoms with Crippen molar-refractivity contribution in [1.29, 1.82) is 0 Å². The molecule has 1 aromatic heterocycles. The molecule has 0 aliphatic rings. The van der Waals surface area contributed by atoms with Crippen molar-refractivity contribution in [2.24, 2.45) is 0 Å². The maximum atomic E-state index is 5.43. The van der Waals surface area contributed by atoms with Gasteiger partial charge in [0.15, 0.2) is 3.95 Å². The number of hydrogen-bond donors (Lipinski definition) is 1. The normalized spacial score (nSPS) is 10.8. The lowest BCUT2D eigenvalue weighted by atomic mass is 10.3. The van der Waals surface area contributed by atoms with Crippen molar-refractivity contribution < 1.29 is 0 Å². The van der Waals surface area contributed by atoms with E-state index in [1.807, 2.05) is 30.3 Å². The Hall–Kier alpha value is -1.17. The zero-order chi connectivity index (χ0) is 13.2. The lowest BCUT2D eigenvalue weighted by Crippen LogP contribution is -2.07. The van der Waals surface area contributed by atoms with Gasteiger partial charge in [0.05, 0.1) is 16.9 Å². The molecule has 0 bridgehead atoms. The number of para-hydroxylation sites is 1. The van der Waals surface area contributed by atoms with Gasteiger partial charge in [-0.25, -0.2) is 0 Å². The molecule has 0 spiro atoms. The Morgan fingerprint density at radius 3 is 2.84 bits per heavy atom. The highest BCUT2D eigenvalue weighted by molar-refractivity contribution is 9.10. The predicted molar refractivity (Wildman–Crippen MR) is 88.4 cm³/mol. The second-order valence-electron chi connectivity index (χ2n) is 4.11. The van der Waals surface area contributed by atoms with Crippen LogP contribution in [0.4, 0.5) is 5.69 Å². The number of halogens is 1. The van der Waals surface area contributed by atoms with Gasteiger partial charge in [-0.15, -0.1) is 11.3 Å². The minimum atomic E-state index is 0.680. The molecular formula is C14H11BrN2S2. The molecular weight excluding hydrogens is 340 g/mol. The summed E-state index contributed by atoms with van der Waals surface area (Å²) in [4.78, 5) is 0. The van der Waals surface area contributed by atoms with Gasteiger partial charge in [0.2, 0.25) is 0 Å². The molecule has 2 nitrogen and oxygen atoms in total. The lowest BCUT2D eigenvalue weighted by molar-refractivity contribution is 0.807. The summed E-state index contributed by atoms with van der Waals surface area (Å²) in [6, 6.07) is 16.4. The highest BCUT2D eigenvalue weighted by Gasteiger charge is 2.03. The molecule has 0 unspecified atom stereocenters. The average Bonchev–Trinajstić information content (AvgIpc) is 2.72. The smallest absolute Gasteiger partial charge is 0.163 e. The number of thiazole rings is 1. The highest BCUT2D eigenvalue weighted by atomic mass is 79.9. The third-order valence-corrected chi connectivity index (χ3v) is 4.76. The Morgan fingerprint density at radius 2 is 2.00 bits per heavy atom. The summed E-state index contributed by atoms with van der Waals surface area (Å²) in [5.74, 6) is 0. The van der Waals surface area contributed by atoms with Crippen LogP contribution in [0.5, 0.6) is 0 Å². The summed E-state index contributed by atoms with van der Waals surface area (Å²) in [6.07, 6.45) is 0. The van der Waals surface area contributed by atoms with Crippen LogP contribution in [0.1, 0.15) is 0 Å². The van der Waals surface area contributed by atoms with E-state index < -0.39 is 0 Å². The number of fused-ring (bicyclic) bond motifs is 1. The van der Waals surface area contributed by atoms with Crippen LogP contribution in [0.2, 0.25) is 0 Å². The fraction of sp³-hybridized carbons (Fsp3) is 0.0714. The fourth-order valence-electron chi connectivity index (χ4n) is 1.93. The monoisotopic (exact) mass is 350 g/mol. The van der Waals surface area contributed by atoms with Crippen LogP contribution >= 0.6 is 39.5 Å². The van der Waals surface area contributed by atoms with Crippen molar-refractivity contribution in [1.82, 2.24) is 4.57 Å². The van der Waals surface area contributed by atoms with Crippen molar-refractivity contribution in [3.8, 4) is 0 Å². The van der Waals surface area contributed by atoms with Crippen molar-refractivity contribution in [2.75, 3.05) is 5.32 Å². The van der Waals surface area contributed by atoms with Crippen LogP contribution < -0.4 is 5.32 Å².